The normalized spacial score (nSPS) is 23.3. The average molecular weight is 381 g/mol. The van der Waals surface area contributed by atoms with E-state index in [1.54, 1.807) is 17.0 Å². The molecule has 2 aliphatic rings. The van der Waals surface area contributed by atoms with Crippen LogP contribution in [-0.4, -0.2) is 50.2 Å². The van der Waals surface area contributed by atoms with Gasteiger partial charge in [-0.25, -0.2) is 0 Å². The van der Waals surface area contributed by atoms with E-state index in [0.29, 0.717) is 44.2 Å². The van der Waals surface area contributed by atoms with Crippen molar-refractivity contribution >= 4 is 11.9 Å². The molecule has 4 rings (SSSR count). The van der Waals surface area contributed by atoms with Gasteiger partial charge in [-0.3, -0.25) is 9.59 Å². The van der Waals surface area contributed by atoms with E-state index in [0.717, 1.165) is 5.56 Å². The zero-order valence-corrected chi connectivity index (χ0v) is 15.8. The topological polar surface area (TPSA) is 65.1 Å². The molecule has 2 heterocycles. The highest BCUT2D eigenvalue weighted by Gasteiger charge is 2.57. The number of nitrogens with zero attached hydrogens (tertiary/aromatic N) is 1. The monoisotopic (exact) mass is 381 g/mol. The molecule has 0 bridgehead atoms. The van der Waals surface area contributed by atoms with Crippen molar-refractivity contribution in [3.63, 3.8) is 0 Å². The Kier molecular flexibility index (Phi) is 5.05. The number of hydrogen-bond acceptors (Lipinski definition) is 5. The van der Waals surface area contributed by atoms with Crippen LogP contribution in [0.1, 0.15) is 15.9 Å². The van der Waals surface area contributed by atoms with Gasteiger partial charge in [0.15, 0.2) is 0 Å². The summed E-state index contributed by atoms with van der Waals surface area (Å²) in [4.78, 5) is 27.3. The summed E-state index contributed by atoms with van der Waals surface area (Å²) < 4.78 is 16.4. The summed E-state index contributed by atoms with van der Waals surface area (Å²) >= 11 is 0. The van der Waals surface area contributed by atoms with Crippen LogP contribution in [-0.2, 0) is 20.9 Å². The fourth-order valence-corrected chi connectivity index (χ4v) is 4.06. The quantitative estimate of drug-likeness (QED) is 0.745. The molecular formula is C22H23NO5. The van der Waals surface area contributed by atoms with Crippen LogP contribution in [0.4, 0.5) is 0 Å². The van der Waals surface area contributed by atoms with Gasteiger partial charge in [-0.15, -0.1) is 0 Å². The number of para-hydroxylation sites is 1. The summed E-state index contributed by atoms with van der Waals surface area (Å²) in [5.41, 5.74) is 0.770. The molecule has 0 aromatic heterocycles. The van der Waals surface area contributed by atoms with E-state index in [1.807, 2.05) is 42.5 Å². The molecule has 2 atom stereocenters. The second-order valence-corrected chi connectivity index (χ2v) is 7.32. The summed E-state index contributed by atoms with van der Waals surface area (Å²) in [5.74, 6) is 0.0540. The predicted octanol–water partition coefficient (Wildman–Crippen LogP) is 2.53. The summed E-state index contributed by atoms with van der Waals surface area (Å²) in [7, 11) is 1.38. The first kappa shape index (κ1) is 18.5. The zero-order valence-electron chi connectivity index (χ0n) is 15.8. The standard InChI is InChI=1S/C22H23NO5/c1-26-21(25)22-14-23(11-17(22)13-27-15-22)20(24)18-9-5-6-10-19(18)28-12-16-7-3-2-4-8-16/h2-10,17H,11-15H2,1H3/t17-,22-/m0/s1. The number of esters is 1. The fraction of sp³-hybridized carbons (Fsp3) is 0.364. The highest BCUT2D eigenvalue weighted by atomic mass is 16.5. The molecule has 0 unspecified atom stereocenters. The third-order valence-electron chi connectivity index (χ3n) is 5.61. The lowest BCUT2D eigenvalue weighted by Crippen LogP contribution is -2.41. The molecule has 1 amide bonds. The number of hydrogen-bond donors (Lipinski definition) is 0. The number of carbonyl (C=O) groups is 2. The van der Waals surface area contributed by atoms with E-state index in [1.165, 1.54) is 7.11 Å². The second-order valence-electron chi connectivity index (χ2n) is 7.32. The van der Waals surface area contributed by atoms with Crippen molar-refractivity contribution < 1.29 is 23.8 Å². The van der Waals surface area contributed by atoms with Gasteiger partial charge in [-0.1, -0.05) is 42.5 Å². The van der Waals surface area contributed by atoms with Crippen LogP contribution < -0.4 is 4.74 Å². The Morgan fingerprint density at radius 1 is 1.14 bits per heavy atom. The summed E-state index contributed by atoms with van der Waals surface area (Å²) in [6.07, 6.45) is 0. The Bertz CT molecular complexity index is 868. The molecule has 0 spiro atoms. The number of likely N-dealkylation sites (tertiary alicyclic amines) is 1. The molecule has 2 aromatic carbocycles. The maximum Gasteiger partial charge on any atom is 0.316 e. The van der Waals surface area contributed by atoms with Gasteiger partial charge >= 0.3 is 5.97 Å². The molecular weight excluding hydrogens is 358 g/mol. The largest absolute Gasteiger partial charge is 0.488 e. The minimum absolute atomic E-state index is 0.0405. The van der Waals surface area contributed by atoms with Crippen molar-refractivity contribution in [3.8, 4) is 5.75 Å². The Balaban J connectivity index is 1.52. The number of amides is 1. The van der Waals surface area contributed by atoms with Gasteiger partial charge in [-0.05, 0) is 17.7 Å². The Morgan fingerprint density at radius 3 is 2.68 bits per heavy atom. The first-order valence-electron chi connectivity index (χ1n) is 9.35. The number of rotatable bonds is 5. The van der Waals surface area contributed by atoms with Crippen molar-refractivity contribution in [2.45, 2.75) is 6.61 Å². The molecule has 0 saturated carbocycles. The maximum absolute atomic E-state index is 13.2. The molecule has 2 saturated heterocycles. The number of methoxy groups -OCH3 is 1. The van der Waals surface area contributed by atoms with Crippen LogP contribution >= 0.6 is 0 Å². The van der Waals surface area contributed by atoms with Crippen molar-refractivity contribution in [1.29, 1.82) is 0 Å². The van der Waals surface area contributed by atoms with Crippen LogP contribution in [0.3, 0.4) is 0 Å². The van der Waals surface area contributed by atoms with E-state index < -0.39 is 5.41 Å². The second kappa shape index (κ2) is 7.64. The molecule has 2 aliphatic heterocycles. The van der Waals surface area contributed by atoms with Gasteiger partial charge in [-0.2, -0.15) is 0 Å². The number of benzene rings is 2. The Labute approximate surface area is 164 Å². The number of ether oxygens (including phenoxy) is 3. The zero-order chi connectivity index (χ0) is 19.6. The lowest BCUT2D eigenvalue weighted by atomic mass is 9.81. The average Bonchev–Trinajstić information content (AvgIpc) is 3.31. The summed E-state index contributed by atoms with van der Waals surface area (Å²) in [5, 5.41) is 0. The van der Waals surface area contributed by atoms with Crippen LogP contribution in [0.15, 0.2) is 54.6 Å². The summed E-state index contributed by atoms with van der Waals surface area (Å²) in [6, 6.07) is 17.0. The van der Waals surface area contributed by atoms with E-state index in [-0.39, 0.29) is 17.8 Å². The lowest BCUT2D eigenvalue weighted by Gasteiger charge is -2.24. The molecule has 0 radical (unpaired) electrons. The number of fused-ring (bicyclic) bond motifs is 1. The smallest absolute Gasteiger partial charge is 0.316 e. The molecule has 0 aliphatic carbocycles. The van der Waals surface area contributed by atoms with Crippen molar-refractivity contribution in [3.05, 3.63) is 65.7 Å². The molecule has 6 heteroatoms. The van der Waals surface area contributed by atoms with Gasteiger partial charge < -0.3 is 19.1 Å². The van der Waals surface area contributed by atoms with Gasteiger partial charge in [0.25, 0.3) is 5.91 Å². The highest BCUT2D eigenvalue weighted by molar-refractivity contribution is 5.97. The number of carbonyl (C=O) groups excluding carboxylic acids is 2. The van der Waals surface area contributed by atoms with E-state index >= 15 is 0 Å². The fourth-order valence-electron chi connectivity index (χ4n) is 4.06. The predicted molar refractivity (Wildman–Crippen MR) is 102 cm³/mol. The molecule has 28 heavy (non-hydrogen) atoms. The Hall–Kier alpha value is -2.86. The molecule has 146 valence electrons. The van der Waals surface area contributed by atoms with Crippen LogP contribution in [0, 0.1) is 11.3 Å². The Morgan fingerprint density at radius 2 is 1.89 bits per heavy atom. The molecule has 2 fully saturated rings. The van der Waals surface area contributed by atoms with Crippen molar-refractivity contribution in [2.75, 3.05) is 33.4 Å². The molecule has 6 nitrogen and oxygen atoms in total. The maximum atomic E-state index is 13.2. The minimum atomic E-state index is -0.760. The van der Waals surface area contributed by atoms with E-state index in [2.05, 4.69) is 0 Å². The first-order chi connectivity index (χ1) is 13.6. The van der Waals surface area contributed by atoms with Gasteiger partial charge in [0.1, 0.15) is 17.8 Å². The van der Waals surface area contributed by atoms with Gasteiger partial charge in [0.2, 0.25) is 0 Å². The van der Waals surface area contributed by atoms with Crippen LogP contribution in [0.25, 0.3) is 0 Å². The van der Waals surface area contributed by atoms with Crippen molar-refractivity contribution in [1.82, 2.24) is 4.90 Å². The van der Waals surface area contributed by atoms with Crippen LogP contribution in [0.2, 0.25) is 0 Å². The van der Waals surface area contributed by atoms with Crippen LogP contribution in [0.5, 0.6) is 5.75 Å². The van der Waals surface area contributed by atoms with Gasteiger partial charge in [0.05, 0.1) is 25.9 Å². The SMILES string of the molecule is COC(=O)[C@@]12COC[C@@H]1CN(C(=O)c1ccccc1OCc1ccccc1)C2. The lowest BCUT2D eigenvalue weighted by molar-refractivity contribution is -0.153. The van der Waals surface area contributed by atoms with E-state index in [9.17, 15) is 9.59 Å². The van der Waals surface area contributed by atoms with Gasteiger partial charge in [0, 0.05) is 19.0 Å². The third-order valence-corrected chi connectivity index (χ3v) is 5.61. The van der Waals surface area contributed by atoms with Crippen molar-refractivity contribution in [2.24, 2.45) is 11.3 Å². The molecule has 0 N–H and O–H groups in total. The molecule has 2 aromatic rings. The highest BCUT2D eigenvalue weighted by Crippen LogP contribution is 2.43. The van der Waals surface area contributed by atoms with E-state index in [4.69, 9.17) is 14.2 Å². The summed E-state index contributed by atoms with van der Waals surface area (Å²) in [6.45, 7) is 1.91. The minimum Gasteiger partial charge on any atom is -0.488 e. The third kappa shape index (κ3) is 3.24. The first-order valence-corrected chi connectivity index (χ1v) is 9.35.